The van der Waals surface area contributed by atoms with Crippen molar-refractivity contribution in [2.45, 2.75) is 102 Å². The molecular formula is C17H33NO2. The molecule has 0 aromatic heterocycles. The second kappa shape index (κ2) is 7.77. The number of unbranched alkanes of at least 4 members (excludes halogenated alkanes) is 3. The number of nitrogens with one attached hydrogen (secondary N) is 1. The van der Waals surface area contributed by atoms with Crippen LogP contribution >= 0.6 is 0 Å². The highest BCUT2D eigenvalue weighted by atomic mass is 16.5. The largest absolute Gasteiger partial charge is 0.394 e. The Bertz CT molecular complexity index is 280. The fourth-order valence-corrected chi connectivity index (χ4v) is 3.43. The molecule has 0 aliphatic heterocycles. The van der Waals surface area contributed by atoms with Gasteiger partial charge >= 0.3 is 0 Å². The molecule has 2 aliphatic carbocycles. The fraction of sp³-hybridized carbons (Fsp3) is 1.00. The van der Waals surface area contributed by atoms with Crippen LogP contribution in [0.5, 0.6) is 0 Å². The maximum absolute atomic E-state index is 9.73. The number of hydrogen-bond donors (Lipinski definition) is 2. The number of aliphatic hydroxyl groups is 1. The molecule has 2 rings (SSSR count). The first-order chi connectivity index (χ1) is 9.67. The van der Waals surface area contributed by atoms with Crippen LogP contribution in [0.2, 0.25) is 0 Å². The van der Waals surface area contributed by atoms with Gasteiger partial charge in [-0.2, -0.15) is 0 Å². The minimum atomic E-state index is -0.0479. The van der Waals surface area contributed by atoms with Crippen molar-refractivity contribution in [1.29, 1.82) is 0 Å². The van der Waals surface area contributed by atoms with Crippen molar-refractivity contribution in [3.8, 4) is 0 Å². The predicted octanol–water partition coefficient (Wildman–Crippen LogP) is 3.40. The Balaban J connectivity index is 1.66. The van der Waals surface area contributed by atoms with E-state index in [1.807, 2.05) is 0 Å². The lowest BCUT2D eigenvalue weighted by molar-refractivity contribution is -0.00946. The van der Waals surface area contributed by atoms with Crippen LogP contribution in [-0.2, 0) is 4.74 Å². The Labute approximate surface area is 124 Å². The number of rotatable bonds is 10. The van der Waals surface area contributed by atoms with Crippen LogP contribution in [0, 0.1) is 0 Å². The molecule has 2 fully saturated rings. The van der Waals surface area contributed by atoms with E-state index in [1.54, 1.807) is 0 Å². The van der Waals surface area contributed by atoms with Crippen molar-refractivity contribution < 1.29 is 9.84 Å². The molecule has 2 saturated carbocycles. The quantitative estimate of drug-likeness (QED) is 0.604. The smallest absolute Gasteiger partial charge is 0.0614 e. The predicted molar refractivity (Wildman–Crippen MR) is 82.9 cm³/mol. The molecule has 3 atom stereocenters. The van der Waals surface area contributed by atoms with Gasteiger partial charge in [-0.3, -0.25) is 0 Å². The van der Waals surface area contributed by atoms with E-state index in [-0.39, 0.29) is 12.1 Å². The Morgan fingerprint density at radius 2 is 2.05 bits per heavy atom. The number of hydrogen-bond acceptors (Lipinski definition) is 3. The Hall–Kier alpha value is -0.120. The summed E-state index contributed by atoms with van der Waals surface area (Å²) in [6.07, 6.45) is 12.8. The third kappa shape index (κ3) is 5.01. The maximum Gasteiger partial charge on any atom is 0.0614 e. The maximum atomic E-state index is 9.73. The highest BCUT2D eigenvalue weighted by molar-refractivity contribution is 5.01. The number of aliphatic hydroxyl groups excluding tert-OH is 1. The third-order valence-electron chi connectivity index (χ3n) is 4.84. The zero-order valence-corrected chi connectivity index (χ0v) is 13.4. The average Bonchev–Trinajstić information content (AvgIpc) is 3.16. The van der Waals surface area contributed by atoms with E-state index in [1.165, 1.54) is 44.9 Å². The van der Waals surface area contributed by atoms with Crippen LogP contribution < -0.4 is 5.32 Å². The SMILES string of the molecule is CCCCCCC(C)OC1CCC(CO)(NC2CC2)C1. The van der Waals surface area contributed by atoms with Crippen molar-refractivity contribution in [3.05, 3.63) is 0 Å². The van der Waals surface area contributed by atoms with Crippen molar-refractivity contribution >= 4 is 0 Å². The summed E-state index contributed by atoms with van der Waals surface area (Å²) in [5.74, 6) is 0. The van der Waals surface area contributed by atoms with Crippen LogP contribution in [0.15, 0.2) is 0 Å². The van der Waals surface area contributed by atoms with Gasteiger partial charge in [0.1, 0.15) is 0 Å². The van der Waals surface area contributed by atoms with Crippen LogP contribution in [0.3, 0.4) is 0 Å². The van der Waals surface area contributed by atoms with Gasteiger partial charge in [0, 0.05) is 11.6 Å². The summed E-state index contributed by atoms with van der Waals surface area (Å²) in [7, 11) is 0. The standard InChI is InChI=1S/C17H33NO2/c1-3-4-5-6-7-14(2)20-16-10-11-17(12-16,13-19)18-15-8-9-15/h14-16,18-19H,3-13H2,1-2H3. The van der Waals surface area contributed by atoms with Gasteiger partial charge in [0.2, 0.25) is 0 Å². The molecule has 0 bridgehead atoms. The summed E-state index contributed by atoms with van der Waals surface area (Å²) >= 11 is 0. The van der Waals surface area contributed by atoms with Gasteiger partial charge in [-0.05, 0) is 45.4 Å². The van der Waals surface area contributed by atoms with Crippen LogP contribution in [-0.4, -0.2) is 35.5 Å². The lowest BCUT2D eigenvalue weighted by Gasteiger charge is -2.29. The third-order valence-corrected chi connectivity index (χ3v) is 4.84. The first kappa shape index (κ1) is 16.3. The molecule has 2 aliphatic rings. The van der Waals surface area contributed by atoms with Gasteiger partial charge in [0.05, 0.1) is 18.8 Å². The zero-order valence-electron chi connectivity index (χ0n) is 13.4. The van der Waals surface area contributed by atoms with Crippen LogP contribution in [0.1, 0.15) is 78.1 Å². The first-order valence-electron chi connectivity index (χ1n) is 8.71. The van der Waals surface area contributed by atoms with Crippen LogP contribution in [0.25, 0.3) is 0 Å². The van der Waals surface area contributed by atoms with Gasteiger partial charge in [-0.25, -0.2) is 0 Å². The lowest BCUT2D eigenvalue weighted by atomic mass is 9.98. The van der Waals surface area contributed by atoms with Crippen LogP contribution in [0.4, 0.5) is 0 Å². The van der Waals surface area contributed by atoms with E-state index in [2.05, 4.69) is 19.2 Å². The lowest BCUT2D eigenvalue weighted by Crippen LogP contribution is -2.48. The van der Waals surface area contributed by atoms with E-state index in [0.29, 0.717) is 18.2 Å². The van der Waals surface area contributed by atoms with E-state index >= 15 is 0 Å². The molecular weight excluding hydrogens is 250 g/mol. The molecule has 20 heavy (non-hydrogen) atoms. The Morgan fingerprint density at radius 1 is 1.25 bits per heavy atom. The van der Waals surface area contributed by atoms with Gasteiger partial charge in [0.15, 0.2) is 0 Å². The molecule has 0 heterocycles. The number of ether oxygens (including phenoxy) is 1. The van der Waals surface area contributed by atoms with Crippen molar-refractivity contribution in [1.82, 2.24) is 5.32 Å². The zero-order chi connectivity index (χ0) is 14.4. The minimum Gasteiger partial charge on any atom is -0.394 e. The molecule has 3 nitrogen and oxygen atoms in total. The summed E-state index contributed by atoms with van der Waals surface area (Å²) in [4.78, 5) is 0. The van der Waals surface area contributed by atoms with E-state index in [9.17, 15) is 5.11 Å². The van der Waals surface area contributed by atoms with Gasteiger partial charge in [-0.1, -0.05) is 32.6 Å². The minimum absolute atomic E-state index is 0.0479. The van der Waals surface area contributed by atoms with Gasteiger partial charge < -0.3 is 15.2 Å². The Kier molecular flexibility index (Phi) is 6.31. The highest BCUT2D eigenvalue weighted by Crippen LogP contribution is 2.35. The molecule has 2 N–H and O–H groups in total. The fourth-order valence-electron chi connectivity index (χ4n) is 3.43. The van der Waals surface area contributed by atoms with E-state index in [4.69, 9.17) is 4.74 Å². The molecule has 118 valence electrons. The van der Waals surface area contributed by atoms with Crippen molar-refractivity contribution in [3.63, 3.8) is 0 Å². The first-order valence-corrected chi connectivity index (χ1v) is 8.71. The Morgan fingerprint density at radius 3 is 2.70 bits per heavy atom. The molecule has 0 saturated heterocycles. The molecule has 0 aromatic rings. The topological polar surface area (TPSA) is 41.5 Å². The molecule has 0 amide bonds. The average molecular weight is 283 g/mol. The van der Waals surface area contributed by atoms with Crippen molar-refractivity contribution in [2.75, 3.05) is 6.61 Å². The second-order valence-electron chi connectivity index (χ2n) is 7.02. The van der Waals surface area contributed by atoms with E-state index < -0.39 is 0 Å². The summed E-state index contributed by atoms with van der Waals surface area (Å²) in [6.45, 7) is 4.72. The van der Waals surface area contributed by atoms with Gasteiger partial charge in [0.25, 0.3) is 0 Å². The molecule has 3 heteroatoms. The second-order valence-corrected chi connectivity index (χ2v) is 7.02. The normalized spacial score (nSPS) is 31.6. The van der Waals surface area contributed by atoms with Crippen molar-refractivity contribution in [2.24, 2.45) is 0 Å². The highest BCUT2D eigenvalue weighted by Gasteiger charge is 2.42. The molecule has 3 unspecified atom stereocenters. The summed E-state index contributed by atoms with van der Waals surface area (Å²) < 4.78 is 6.20. The monoisotopic (exact) mass is 283 g/mol. The molecule has 0 spiro atoms. The summed E-state index contributed by atoms with van der Waals surface area (Å²) in [6, 6.07) is 0.660. The van der Waals surface area contributed by atoms with Gasteiger partial charge in [-0.15, -0.1) is 0 Å². The molecule has 0 aromatic carbocycles. The summed E-state index contributed by atoms with van der Waals surface area (Å²) in [5.41, 5.74) is -0.0479. The summed E-state index contributed by atoms with van der Waals surface area (Å²) in [5, 5.41) is 13.4. The molecule has 0 radical (unpaired) electrons. The van der Waals surface area contributed by atoms with E-state index in [0.717, 1.165) is 19.3 Å².